The van der Waals surface area contributed by atoms with E-state index in [1.54, 1.807) is 0 Å². The predicted molar refractivity (Wildman–Crippen MR) is 137 cm³/mol. The lowest BCUT2D eigenvalue weighted by molar-refractivity contribution is 0.724. The Hall–Kier alpha value is -11.3. The molecule has 0 heterocycles. The van der Waals surface area contributed by atoms with Crippen LogP contribution >= 0.6 is 0 Å². The zero-order valence-electron chi connectivity index (χ0n) is 25.1. The van der Waals surface area contributed by atoms with Gasteiger partial charge in [-0.3, -0.25) is 0 Å². The highest BCUT2D eigenvalue weighted by Gasteiger charge is 1.75. The Morgan fingerprint density at radius 3 is 0.393 bits per heavy atom. The van der Waals surface area contributed by atoms with E-state index in [9.17, 15) is 0 Å². The van der Waals surface area contributed by atoms with Crippen molar-refractivity contribution in [3.05, 3.63) is 0 Å². The molecule has 55 heteroatoms. The summed E-state index contributed by atoms with van der Waals surface area (Å²) < 4.78 is 0. The van der Waals surface area contributed by atoms with Crippen LogP contribution < -0.4 is 0 Å². The van der Waals surface area contributed by atoms with Crippen molar-refractivity contribution in [3.63, 3.8) is 0 Å². The summed E-state index contributed by atoms with van der Waals surface area (Å²) in [5, 5.41) is 165. The maximum Gasteiger partial charge on any atom is 0.227 e. The largest absolute Gasteiger partial charge is 0.227 e. The molecule has 0 bridgehead atoms. The average Bonchev–Trinajstić information content (AvgIpc) is 3.21. The van der Waals surface area contributed by atoms with E-state index in [1.807, 2.05) is 0 Å². The number of hydrogen-bond acceptors (Lipinski definition) is 3. The fourth-order valence-electron chi connectivity index (χ4n) is 0.937. The van der Waals surface area contributed by atoms with Crippen LogP contribution in [0.3, 0.4) is 0 Å². The van der Waals surface area contributed by atoms with E-state index in [4.69, 9.17) is 10.8 Å². The van der Waals surface area contributed by atoms with Gasteiger partial charge in [0, 0.05) is 188 Å². The molecule has 0 aromatic carbocycles. The van der Waals surface area contributed by atoms with Crippen LogP contribution in [0.5, 0.6) is 0 Å². The van der Waals surface area contributed by atoms with E-state index in [0.717, 1.165) is 0 Å². The molecule has 0 atom stereocenters. The van der Waals surface area contributed by atoms with Crippen LogP contribution in [0.25, 0.3) is 0 Å². The fourth-order valence-corrected chi connectivity index (χ4v) is 0.937. The summed E-state index contributed by atoms with van der Waals surface area (Å²) in [6.07, 6.45) is 1.31. The number of nitrogens with zero attached hydrogens (tertiary/aromatic N) is 54. The summed E-state index contributed by atoms with van der Waals surface area (Å²) in [6.45, 7) is 0. The van der Waals surface area contributed by atoms with Gasteiger partial charge in [-0.05, 0) is 88.7 Å². The molecular weight excluding hydrogens is 782 g/mol. The number of nitriles is 1. The molecule has 0 aliphatic heterocycles. The van der Waals surface area contributed by atoms with E-state index >= 15 is 0 Å². The van der Waals surface area contributed by atoms with Gasteiger partial charge < -0.3 is 0 Å². The summed E-state index contributed by atoms with van der Waals surface area (Å²) in [5.74, 6) is 0. The maximum absolute atomic E-state index is 8.01. The van der Waals surface area contributed by atoms with Crippen LogP contribution in [0, 0.1) is 17.0 Å². The first-order chi connectivity index (χ1) is 27.9. The predicted octanol–water partition coefficient (Wildman–Crippen LogP) is 10.0. The van der Waals surface area contributed by atoms with E-state index in [2.05, 4.69) is 277 Å². The van der Waals surface area contributed by atoms with E-state index in [-0.39, 0.29) is 0 Å². The average molecular weight is 783 g/mol. The van der Waals surface area contributed by atoms with E-state index in [0.29, 0.717) is 0 Å². The van der Waals surface area contributed by atoms with Crippen molar-refractivity contribution in [2.75, 3.05) is 0 Å². The van der Waals surface area contributed by atoms with Crippen LogP contribution in [0.1, 0.15) is 0 Å². The molecule has 55 nitrogen and oxygen atoms in total. The molecule has 0 amide bonds. The van der Waals surface area contributed by atoms with Crippen LogP contribution in [0.2, 0.25) is 0 Å². The third-order valence-electron chi connectivity index (χ3n) is 2.13. The van der Waals surface area contributed by atoms with E-state index < -0.39 is 0 Å². The molecule has 0 aliphatic carbocycles. The summed E-state index contributed by atoms with van der Waals surface area (Å²) in [4.78, 5) is 0. The minimum Gasteiger partial charge on any atom is -0.183 e. The lowest BCUT2D eigenvalue weighted by Crippen LogP contribution is -1.52. The van der Waals surface area contributed by atoms with Gasteiger partial charge in [-0.25, -0.2) is 0 Å². The Bertz CT molecular complexity index is 1870. The van der Waals surface area contributed by atoms with Gasteiger partial charge in [0.25, 0.3) is 0 Å². The molecule has 0 aromatic heterocycles. The molecule has 0 saturated carbocycles. The zero-order valence-corrected chi connectivity index (χ0v) is 25.1. The summed E-state index contributed by atoms with van der Waals surface area (Å²) in [6, 6.07) is 0. The first-order valence-corrected chi connectivity index (χ1v) is 11.1. The number of nitrogens with one attached hydrogen (secondary N) is 1. The normalized spacial score (nSPS) is 15.1. The highest BCUT2D eigenvalue weighted by atomic mass is 15.8. The van der Waals surface area contributed by atoms with Crippen molar-refractivity contribution in [1.29, 1.82) is 10.8 Å². The highest BCUT2D eigenvalue weighted by Crippen LogP contribution is 1.94. The zero-order chi connectivity index (χ0) is 40.2. The Balaban J connectivity index is 4.07. The molecule has 56 heavy (non-hydrogen) atoms. The molecular formula is CHN55. The van der Waals surface area contributed by atoms with Gasteiger partial charge in [0.2, 0.25) is 6.19 Å². The second-order valence-electron chi connectivity index (χ2n) is 4.86. The van der Waals surface area contributed by atoms with Gasteiger partial charge in [-0.15, -0.1) is 0 Å². The van der Waals surface area contributed by atoms with Crippen molar-refractivity contribution >= 4 is 0 Å². The van der Waals surface area contributed by atoms with Crippen molar-refractivity contribution in [3.8, 4) is 6.19 Å². The monoisotopic (exact) mass is 783 g/mol. The van der Waals surface area contributed by atoms with Gasteiger partial charge in [-0.1, -0.05) is 0 Å². The molecule has 0 aliphatic rings. The Morgan fingerprint density at radius 2 is 0.286 bits per heavy atom. The first-order valence-electron chi connectivity index (χ1n) is 11.1. The molecule has 0 rings (SSSR count). The molecule has 0 spiro atoms. The molecule has 0 fully saturated rings. The molecule has 0 unspecified atom stereocenters. The Morgan fingerprint density at radius 1 is 0.179 bits per heavy atom. The van der Waals surface area contributed by atoms with Gasteiger partial charge in [0.05, 0.1) is 0 Å². The van der Waals surface area contributed by atoms with Gasteiger partial charge in [0.1, 0.15) is 0 Å². The molecule has 1 N–H and O–H groups in total. The van der Waals surface area contributed by atoms with Gasteiger partial charge in [-0.2, -0.15) is 10.8 Å². The maximum atomic E-state index is 8.01. The van der Waals surface area contributed by atoms with Crippen LogP contribution in [-0.4, -0.2) is 0 Å². The molecule has 280 valence electrons. The Labute approximate surface area is 294 Å². The third-order valence-corrected chi connectivity index (χ3v) is 2.13. The molecule has 0 radical (unpaired) electrons. The molecule has 0 aromatic rings. The third kappa shape index (κ3) is 42.7. The smallest absolute Gasteiger partial charge is 0.183 e. The SMILES string of the molecule is N#CN=N/N=N/N=N/N=N/N=N/N=N/N=N/N=N/N=N/N=N/N=N/N=N/N=N/N=N/N=N/N=N/N=N/N=N/N=N/N=N/N=N/N=N/N=N/N=N/N=N/N=N/N=N. The van der Waals surface area contributed by atoms with E-state index in [1.165, 1.54) is 6.19 Å². The standard InChI is InChI=1S/CHN55/c2-1-4-6-8-10-12-14-16-18-20-22-24-26-28-30-32-34-36-38-40-42-44-46-48-50-52-54-56-55-53-51-49-47-45-43-41-39-37-35-33-31-29-27-25-23-21-19-17-15-13-11-9-7-5-3/h3H/b5-3?,6-4?,9-7+,10-8+,13-11+,14-12+,17-15+,18-16+,21-19+,22-20+,25-23+,26-24+,29-27+,30-28+,33-31+,34-32+,37-35+,38-36+,41-39+,42-40+,45-43+,46-44+,49-47+,50-48+,53-51+,54-52+,56-55+. The minimum atomic E-state index is 1.31. The van der Waals surface area contributed by atoms with Crippen LogP contribution in [-0.2, 0) is 0 Å². The van der Waals surface area contributed by atoms with Crippen molar-refractivity contribution in [2.45, 2.75) is 0 Å². The summed E-state index contributed by atoms with van der Waals surface area (Å²) in [5.41, 5.74) is 6.25. The lowest BCUT2D eigenvalue weighted by atomic mass is 11.5. The van der Waals surface area contributed by atoms with Crippen LogP contribution in [0.4, 0.5) is 0 Å². The molecule has 0 saturated heterocycles. The van der Waals surface area contributed by atoms with Crippen molar-refractivity contribution in [1.82, 2.24) is 0 Å². The summed E-state index contributed by atoms with van der Waals surface area (Å²) >= 11 is 0. The number of rotatable bonds is 26. The quantitative estimate of drug-likeness (QED) is 0.0499. The number of hydrogen-bond donors (Lipinski definition) is 1. The van der Waals surface area contributed by atoms with Crippen molar-refractivity contribution in [2.24, 2.45) is 277 Å². The fraction of sp³-hybridized carbons (Fsp3) is 0. The Kier molecular flexibility index (Phi) is 34.9. The van der Waals surface area contributed by atoms with Crippen molar-refractivity contribution < 1.29 is 0 Å². The minimum absolute atomic E-state index is 1.31. The lowest BCUT2D eigenvalue weighted by Gasteiger charge is -1.70. The first kappa shape index (κ1) is 44.7. The second kappa shape index (κ2) is 43.7. The van der Waals surface area contributed by atoms with Gasteiger partial charge in [0.15, 0.2) is 0 Å². The second-order valence-corrected chi connectivity index (χ2v) is 4.86. The topological polar surface area (TPSA) is 703 Å². The highest BCUT2D eigenvalue weighted by molar-refractivity contribution is 4.56. The van der Waals surface area contributed by atoms with Crippen LogP contribution in [0.15, 0.2) is 277 Å². The van der Waals surface area contributed by atoms with Gasteiger partial charge >= 0.3 is 0 Å². The summed E-state index contributed by atoms with van der Waals surface area (Å²) in [7, 11) is 0.